The summed E-state index contributed by atoms with van der Waals surface area (Å²) < 4.78 is 5.59. The van der Waals surface area contributed by atoms with E-state index in [0.29, 0.717) is 6.61 Å². The highest BCUT2D eigenvalue weighted by atomic mass is 16.5. The molecule has 2 N–H and O–H groups in total. The molecule has 0 aliphatic carbocycles. The van der Waals surface area contributed by atoms with Crippen LogP contribution in [0.15, 0.2) is 36.7 Å². The Morgan fingerprint density at radius 2 is 2.19 bits per heavy atom. The number of aliphatic hydroxyl groups excluding tert-OH is 1. The monoisotopic (exact) mass is 356 g/mol. The van der Waals surface area contributed by atoms with Crippen molar-refractivity contribution < 1.29 is 9.84 Å². The van der Waals surface area contributed by atoms with Crippen molar-refractivity contribution in [3.63, 3.8) is 0 Å². The second-order valence-corrected chi connectivity index (χ2v) is 6.66. The Morgan fingerprint density at radius 3 is 3.00 bits per heavy atom. The fraction of sp³-hybridized carbons (Fsp3) is 0.500. The summed E-state index contributed by atoms with van der Waals surface area (Å²) in [5.41, 5.74) is 1.14. The number of hydrogen-bond donors (Lipinski definition) is 2. The molecule has 6 heteroatoms. The first-order valence-electron chi connectivity index (χ1n) is 9.40. The first kappa shape index (κ1) is 18.5. The van der Waals surface area contributed by atoms with E-state index in [9.17, 15) is 5.11 Å². The van der Waals surface area contributed by atoms with Crippen LogP contribution in [0.5, 0.6) is 5.75 Å². The van der Waals surface area contributed by atoms with Crippen molar-refractivity contribution >= 4 is 11.6 Å². The molecule has 0 bridgehead atoms. The van der Waals surface area contributed by atoms with Crippen LogP contribution in [0.3, 0.4) is 0 Å². The number of nitrogens with one attached hydrogen (secondary N) is 1. The Bertz CT molecular complexity index is 710. The van der Waals surface area contributed by atoms with Gasteiger partial charge in [-0.15, -0.1) is 0 Å². The first-order valence-corrected chi connectivity index (χ1v) is 9.40. The lowest BCUT2D eigenvalue weighted by molar-refractivity contribution is 0.239. The van der Waals surface area contributed by atoms with E-state index in [-0.39, 0.29) is 18.7 Å². The summed E-state index contributed by atoms with van der Waals surface area (Å²) in [5, 5.41) is 13.1. The number of ether oxygens (including phenoxy) is 1. The van der Waals surface area contributed by atoms with E-state index >= 15 is 0 Å². The van der Waals surface area contributed by atoms with E-state index in [1.54, 1.807) is 6.33 Å². The molecule has 1 aromatic heterocycles. The number of nitrogens with zero attached hydrogens (tertiary/aromatic N) is 3. The molecule has 0 spiro atoms. The SMILES string of the molecule is CCOc1cccc(C(C)Nc2cc(N3CCCCC3CO)ncn2)c1. The van der Waals surface area contributed by atoms with Crippen LogP contribution in [0.2, 0.25) is 0 Å². The molecule has 0 radical (unpaired) electrons. The van der Waals surface area contributed by atoms with E-state index in [0.717, 1.165) is 48.8 Å². The number of anilines is 2. The molecule has 2 aromatic rings. The third-order valence-electron chi connectivity index (χ3n) is 4.82. The fourth-order valence-corrected chi connectivity index (χ4v) is 3.42. The van der Waals surface area contributed by atoms with Gasteiger partial charge in [-0.05, 0) is 50.8 Å². The quantitative estimate of drug-likeness (QED) is 0.792. The van der Waals surface area contributed by atoms with E-state index in [2.05, 4.69) is 39.2 Å². The highest BCUT2D eigenvalue weighted by Gasteiger charge is 2.23. The van der Waals surface area contributed by atoms with Crippen LogP contribution >= 0.6 is 0 Å². The van der Waals surface area contributed by atoms with Crippen LogP contribution in [0.1, 0.15) is 44.7 Å². The normalized spacial score (nSPS) is 18.4. The molecule has 2 atom stereocenters. The maximum atomic E-state index is 9.64. The van der Waals surface area contributed by atoms with Crippen LogP contribution in [-0.2, 0) is 0 Å². The molecule has 1 aliphatic heterocycles. The highest BCUT2D eigenvalue weighted by Crippen LogP contribution is 2.26. The van der Waals surface area contributed by atoms with E-state index in [1.165, 1.54) is 0 Å². The molecule has 2 heterocycles. The topological polar surface area (TPSA) is 70.5 Å². The summed E-state index contributed by atoms with van der Waals surface area (Å²) in [6.45, 7) is 5.82. The minimum atomic E-state index is 0.0909. The van der Waals surface area contributed by atoms with Crippen molar-refractivity contribution in [2.45, 2.75) is 45.2 Å². The predicted molar refractivity (Wildman–Crippen MR) is 104 cm³/mol. The number of aromatic nitrogens is 2. The van der Waals surface area contributed by atoms with Crippen LogP contribution in [-0.4, -0.2) is 40.9 Å². The van der Waals surface area contributed by atoms with Crippen molar-refractivity contribution in [3.05, 3.63) is 42.2 Å². The largest absolute Gasteiger partial charge is 0.494 e. The average molecular weight is 356 g/mol. The summed E-state index contributed by atoms with van der Waals surface area (Å²) >= 11 is 0. The zero-order chi connectivity index (χ0) is 18.4. The molecule has 0 saturated carbocycles. The Morgan fingerprint density at radius 1 is 1.31 bits per heavy atom. The molecule has 1 fully saturated rings. The van der Waals surface area contributed by atoms with Crippen molar-refractivity contribution in [2.24, 2.45) is 0 Å². The van der Waals surface area contributed by atoms with E-state index < -0.39 is 0 Å². The van der Waals surface area contributed by atoms with Crippen LogP contribution in [0, 0.1) is 0 Å². The number of benzene rings is 1. The van der Waals surface area contributed by atoms with Crippen molar-refractivity contribution in [3.8, 4) is 5.75 Å². The first-order chi connectivity index (χ1) is 12.7. The third-order valence-corrected chi connectivity index (χ3v) is 4.82. The number of hydrogen-bond acceptors (Lipinski definition) is 6. The molecule has 1 saturated heterocycles. The van der Waals surface area contributed by atoms with Gasteiger partial charge in [0, 0.05) is 12.6 Å². The average Bonchev–Trinajstić information content (AvgIpc) is 2.68. The Labute approximate surface area is 155 Å². The van der Waals surface area contributed by atoms with Gasteiger partial charge in [-0.25, -0.2) is 9.97 Å². The molecule has 26 heavy (non-hydrogen) atoms. The van der Waals surface area contributed by atoms with E-state index in [4.69, 9.17) is 4.74 Å². The molecular weight excluding hydrogens is 328 g/mol. The third kappa shape index (κ3) is 4.43. The molecule has 140 valence electrons. The predicted octanol–water partition coefficient (Wildman–Crippen LogP) is 3.40. The number of piperidine rings is 1. The molecule has 0 amide bonds. The smallest absolute Gasteiger partial charge is 0.134 e. The minimum absolute atomic E-state index is 0.0909. The van der Waals surface area contributed by atoms with E-state index in [1.807, 2.05) is 25.1 Å². The second kappa shape index (κ2) is 8.85. The van der Waals surface area contributed by atoms with Gasteiger partial charge in [-0.1, -0.05) is 12.1 Å². The fourth-order valence-electron chi connectivity index (χ4n) is 3.42. The lowest BCUT2D eigenvalue weighted by Crippen LogP contribution is -2.42. The standard InChI is InChI=1S/C20H28N4O2/c1-3-26-18-9-6-7-16(11-18)15(2)23-19-12-20(22-14-21-19)24-10-5-4-8-17(24)13-25/h6-7,9,11-12,14-15,17,25H,3-5,8,10,13H2,1-2H3,(H,21,22,23). The van der Waals surface area contributed by atoms with Gasteiger partial charge < -0.3 is 20.1 Å². The van der Waals surface area contributed by atoms with Gasteiger partial charge in [0.1, 0.15) is 23.7 Å². The Hall–Kier alpha value is -2.34. The van der Waals surface area contributed by atoms with Gasteiger partial charge in [0.05, 0.1) is 25.3 Å². The molecule has 1 aromatic carbocycles. The Kier molecular flexibility index (Phi) is 6.28. The maximum absolute atomic E-state index is 9.64. The van der Waals surface area contributed by atoms with Gasteiger partial charge in [-0.2, -0.15) is 0 Å². The van der Waals surface area contributed by atoms with Crippen LogP contribution in [0.4, 0.5) is 11.6 Å². The summed E-state index contributed by atoms with van der Waals surface area (Å²) in [7, 11) is 0. The minimum Gasteiger partial charge on any atom is -0.494 e. The zero-order valence-electron chi connectivity index (χ0n) is 15.6. The molecule has 2 unspecified atom stereocenters. The zero-order valence-corrected chi connectivity index (χ0v) is 15.6. The molecule has 3 rings (SSSR count). The summed E-state index contributed by atoms with van der Waals surface area (Å²) in [6.07, 6.45) is 4.88. The van der Waals surface area contributed by atoms with Crippen LogP contribution in [0.25, 0.3) is 0 Å². The molecule has 1 aliphatic rings. The van der Waals surface area contributed by atoms with Gasteiger partial charge in [0.25, 0.3) is 0 Å². The molecule has 6 nitrogen and oxygen atoms in total. The van der Waals surface area contributed by atoms with Gasteiger partial charge >= 0.3 is 0 Å². The number of aliphatic hydroxyl groups is 1. The maximum Gasteiger partial charge on any atom is 0.134 e. The highest BCUT2D eigenvalue weighted by molar-refractivity contribution is 5.50. The lowest BCUT2D eigenvalue weighted by Gasteiger charge is -2.35. The number of rotatable bonds is 7. The van der Waals surface area contributed by atoms with Crippen LogP contribution < -0.4 is 15.0 Å². The summed E-state index contributed by atoms with van der Waals surface area (Å²) in [5.74, 6) is 2.53. The summed E-state index contributed by atoms with van der Waals surface area (Å²) in [4.78, 5) is 11.0. The Balaban J connectivity index is 1.73. The second-order valence-electron chi connectivity index (χ2n) is 6.66. The molecular formula is C20H28N4O2. The van der Waals surface area contributed by atoms with Gasteiger partial charge in [0.15, 0.2) is 0 Å². The van der Waals surface area contributed by atoms with Gasteiger partial charge in [-0.3, -0.25) is 0 Å². The van der Waals surface area contributed by atoms with Gasteiger partial charge in [0.2, 0.25) is 0 Å². The summed E-state index contributed by atoms with van der Waals surface area (Å²) in [6, 6.07) is 10.3. The van der Waals surface area contributed by atoms with Crippen molar-refractivity contribution in [1.29, 1.82) is 0 Å². The van der Waals surface area contributed by atoms with Crippen molar-refractivity contribution in [1.82, 2.24) is 9.97 Å². The van der Waals surface area contributed by atoms with Crippen molar-refractivity contribution in [2.75, 3.05) is 30.0 Å². The lowest BCUT2D eigenvalue weighted by atomic mass is 10.0.